The molecule has 5 heteroatoms. The van der Waals surface area contributed by atoms with Crippen LogP contribution in [0.3, 0.4) is 0 Å². The first-order valence-corrected chi connectivity index (χ1v) is 11.0. The molecule has 0 saturated heterocycles. The lowest BCUT2D eigenvalue weighted by atomic mass is 9.98. The molecular formula is C22H41NO4. The summed E-state index contributed by atoms with van der Waals surface area (Å²) in [6.07, 6.45) is 20.0. The zero-order valence-corrected chi connectivity index (χ0v) is 17.3. The quantitative estimate of drug-likeness (QED) is 0.0917. The molecule has 0 spiro atoms. The molecule has 0 saturated carbocycles. The van der Waals surface area contributed by atoms with Gasteiger partial charge in [0, 0.05) is 11.3 Å². The van der Waals surface area contributed by atoms with Gasteiger partial charge in [0.2, 0.25) is 6.04 Å². The molecule has 0 rings (SSSR count). The number of rotatable bonds is 20. The van der Waals surface area contributed by atoms with Gasteiger partial charge in [-0.3, -0.25) is 14.9 Å². The summed E-state index contributed by atoms with van der Waals surface area (Å²) in [5, 5.41) is 21.3. The predicted molar refractivity (Wildman–Crippen MR) is 112 cm³/mol. The first-order chi connectivity index (χ1) is 13.1. The lowest BCUT2D eigenvalue weighted by Gasteiger charge is -2.16. The second-order valence-corrected chi connectivity index (χ2v) is 7.59. The molecule has 0 aromatic carbocycles. The number of carbonyl (C=O) groups is 1. The van der Waals surface area contributed by atoms with E-state index < -0.39 is 12.1 Å². The zero-order chi connectivity index (χ0) is 20.2. The van der Waals surface area contributed by atoms with Crippen molar-refractivity contribution < 1.29 is 14.8 Å². The highest BCUT2D eigenvalue weighted by molar-refractivity contribution is 5.64. The summed E-state index contributed by atoms with van der Waals surface area (Å²) in [5.74, 6) is 0. The highest BCUT2D eigenvalue weighted by atomic mass is 16.6. The zero-order valence-electron chi connectivity index (χ0n) is 17.3. The topological polar surface area (TPSA) is 80.4 Å². The van der Waals surface area contributed by atoms with Gasteiger partial charge in [0.25, 0.3) is 0 Å². The SMILES string of the molecule is CCCCCCC(O)C(CCCCCCCCCCC/C=C/C=O)[N+](=O)[O-]. The van der Waals surface area contributed by atoms with Crippen molar-refractivity contribution in [3.63, 3.8) is 0 Å². The Balaban J connectivity index is 3.59. The minimum absolute atomic E-state index is 0.283. The van der Waals surface area contributed by atoms with Crippen LogP contribution in [0.2, 0.25) is 0 Å². The van der Waals surface area contributed by atoms with E-state index in [-0.39, 0.29) is 4.92 Å². The van der Waals surface area contributed by atoms with E-state index in [1.807, 2.05) is 6.08 Å². The third-order valence-electron chi connectivity index (χ3n) is 5.15. The van der Waals surface area contributed by atoms with Crippen LogP contribution >= 0.6 is 0 Å². The van der Waals surface area contributed by atoms with E-state index in [1.54, 1.807) is 6.08 Å². The van der Waals surface area contributed by atoms with Gasteiger partial charge < -0.3 is 5.11 Å². The van der Waals surface area contributed by atoms with Crippen LogP contribution in [0, 0.1) is 10.1 Å². The summed E-state index contributed by atoms with van der Waals surface area (Å²) in [6, 6.07) is -0.792. The lowest BCUT2D eigenvalue weighted by molar-refractivity contribution is -0.535. The molecule has 0 radical (unpaired) electrons. The van der Waals surface area contributed by atoms with Crippen molar-refractivity contribution >= 4 is 6.29 Å². The summed E-state index contributed by atoms with van der Waals surface area (Å²) in [6.45, 7) is 2.13. The van der Waals surface area contributed by atoms with Crippen LogP contribution in [0.5, 0.6) is 0 Å². The van der Waals surface area contributed by atoms with Gasteiger partial charge in [0.1, 0.15) is 12.4 Å². The molecule has 0 fully saturated rings. The summed E-state index contributed by atoms with van der Waals surface area (Å²) in [5.41, 5.74) is 0. The standard InChI is InChI=1S/C22H41NO4/c1-2-3-4-16-19-22(25)21(23(26)27)18-15-13-11-9-7-5-6-8-10-12-14-17-20-24/h14,17,20-22,25H,2-13,15-16,18-19H2,1H3/b17-14+. The molecule has 2 atom stereocenters. The Hall–Kier alpha value is -1.23. The lowest BCUT2D eigenvalue weighted by Crippen LogP contribution is -2.33. The van der Waals surface area contributed by atoms with Gasteiger partial charge in [-0.15, -0.1) is 0 Å². The summed E-state index contributed by atoms with van der Waals surface area (Å²) in [4.78, 5) is 21.0. The highest BCUT2D eigenvalue weighted by Crippen LogP contribution is 2.17. The van der Waals surface area contributed by atoms with Crippen molar-refractivity contribution in [1.82, 2.24) is 0 Å². The van der Waals surface area contributed by atoms with Crippen LogP contribution in [-0.2, 0) is 4.79 Å². The van der Waals surface area contributed by atoms with Gasteiger partial charge in [0.15, 0.2) is 0 Å². The number of carbonyl (C=O) groups excluding carboxylic acids is 1. The average Bonchev–Trinajstić information content (AvgIpc) is 2.65. The average molecular weight is 384 g/mol. The largest absolute Gasteiger partial charge is 0.386 e. The molecule has 5 nitrogen and oxygen atoms in total. The first-order valence-electron chi connectivity index (χ1n) is 11.0. The van der Waals surface area contributed by atoms with Gasteiger partial charge in [-0.05, 0) is 31.8 Å². The third-order valence-corrected chi connectivity index (χ3v) is 5.15. The van der Waals surface area contributed by atoms with E-state index in [9.17, 15) is 20.0 Å². The number of aliphatic hydroxyl groups is 1. The Morgan fingerprint density at radius 3 is 1.93 bits per heavy atom. The fraction of sp³-hybridized carbons (Fsp3) is 0.864. The van der Waals surface area contributed by atoms with Crippen molar-refractivity contribution in [2.75, 3.05) is 0 Å². The van der Waals surface area contributed by atoms with E-state index in [0.717, 1.165) is 64.1 Å². The second kappa shape index (κ2) is 19.5. The van der Waals surface area contributed by atoms with Crippen LogP contribution in [-0.4, -0.2) is 28.5 Å². The molecule has 1 N–H and O–H groups in total. The molecule has 0 amide bonds. The molecule has 0 aromatic rings. The molecule has 2 unspecified atom stereocenters. The van der Waals surface area contributed by atoms with E-state index in [1.165, 1.54) is 32.1 Å². The number of allylic oxidation sites excluding steroid dienone is 2. The monoisotopic (exact) mass is 383 g/mol. The van der Waals surface area contributed by atoms with Crippen LogP contribution in [0.15, 0.2) is 12.2 Å². The normalized spacial score (nSPS) is 13.7. The molecular weight excluding hydrogens is 342 g/mol. The van der Waals surface area contributed by atoms with Crippen molar-refractivity contribution in [3.05, 3.63) is 22.3 Å². The van der Waals surface area contributed by atoms with Crippen molar-refractivity contribution in [2.45, 2.75) is 122 Å². The van der Waals surface area contributed by atoms with Crippen molar-refractivity contribution in [3.8, 4) is 0 Å². The Morgan fingerprint density at radius 1 is 0.852 bits per heavy atom. The summed E-state index contributed by atoms with van der Waals surface area (Å²) >= 11 is 0. The van der Waals surface area contributed by atoms with Crippen LogP contribution in [0.4, 0.5) is 0 Å². The van der Waals surface area contributed by atoms with Crippen LogP contribution < -0.4 is 0 Å². The van der Waals surface area contributed by atoms with Crippen LogP contribution in [0.1, 0.15) is 110 Å². The van der Waals surface area contributed by atoms with Crippen molar-refractivity contribution in [2.24, 2.45) is 0 Å². The highest BCUT2D eigenvalue weighted by Gasteiger charge is 2.28. The second-order valence-electron chi connectivity index (χ2n) is 7.59. The molecule has 0 aromatic heterocycles. The van der Waals surface area contributed by atoms with Crippen molar-refractivity contribution in [1.29, 1.82) is 0 Å². The summed E-state index contributed by atoms with van der Waals surface area (Å²) < 4.78 is 0. The minimum atomic E-state index is -0.793. The maximum absolute atomic E-state index is 11.2. The molecule has 0 heterocycles. The number of aldehydes is 1. The summed E-state index contributed by atoms with van der Waals surface area (Å²) in [7, 11) is 0. The number of hydrogen-bond donors (Lipinski definition) is 1. The smallest absolute Gasteiger partial charge is 0.238 e. The maximum atomic E-state index is 11.2. The number of unbranched alkanes of at least 4 members (excludes halogenated alkanes) is 12. The third kappa shape index (κ3) is 16.7. The first kappa shape index (κ1) is 25.8. The minimum Gasteiger partial charge on any atom is -0.386 e. The Bertz CT molecular complexity index is 385. The fourth-order valence-corrected chi connectivity index (χ4v) is 3.42. The van der Waals surface area contributed by atoms with E-state index >= 15 is 0 Å². The van der Waals surface area contributed by atoms with E-state index in [0.29, 0.717) is 12.8 Å². The van der Waals surface area contributed by atoms with Gasteiger partial charge >= 0.3 is 0 Å². The molecule has 0 aliphatic heterocycles. The fourth-order valence-electron chi connectivity index (χ4n) is 3.42. The van der Waals surface area contributed by atoms with Gasteiger partial charge in [0.05, 0.1) is 0 Å². The predicted octanol–water partition coefficient (Wildman–Crippen LogP) is 6.01. The Morgan fingerprint density at radius 2 is 1.37 bits per heavy atom. The van der Waals surface area contributed by atoms with Gasteiger partial charge in [-0.25, -0.2) is 0 Å². The van der Waals surface area contributed by atoms with Crippen LogP contribution in [0.25, 0.3) is 0 Å². The van der Waals surface area contributed by atoms with E-state index in [2.05, 4.69) is 6.92 Å². The number of nitrogens with zero attached hydrogens (tertiary/aromatic N) is 1. The van der Waals surface area contributed by atoms with Gasteiger partial charge in [-0.2, -0.15) is 0 Å². The molecule has 0 bridgehead atoms. The number of hydrogen-bond acceptors (Lipinski definition) is 4. The molecule has 0 aliphatic carbocycles. The molecule has 27 heavy (non-hydrogen) atoms. The van der Waals surface area contributed by atoms with Gasteiger partial charge in [-0.1, -0.05) is 83.6 Å². The van der Waals surface area contributed by atoms with E-state index in [4.69, 9.17) is 0 Å². The maximum Gasteiger partial charge on any atom is 0.238 e. The number of nitro groups is 1. The molecule has 0 aliphatic rings. The Labute approximate surface area is 165 Å². The Kier molecular flexibility index (Phi) is 18.6. The molecule has 158 valence electrons. The number of aliphatic hydroxyl groups excluding tert-OH is 1.